The average molecular weight is 303 g/mol. The van der Waals surface area contributed by atoms with Gasteiger partial charge in [0.1, 0.15) is 0 Å². The predicted octanol–water partition coefficient (Wildman–Crippen LogP) is 4.34. The number of ether oxygens (including phenoxy) is 1. The van der Waals surface area contributed by atoms with Gasteiger partial charge < -0.3 is 10.1 Å². The van der Waals surface area contributed by atoms with Gasteiger partial charge >= 0.3 is 0 Å². The lowest BCUT2D eigenvalue weighted by molar-refractivity contribution is 0.133. The molecule has 0 spiro atoms. The predicted molar refractivity (Wildman–Crippen MR) is 93.3 cm³/mol. The number of nitrogens with one attached hydrogen (secondary N) is 1. The van der Waals surface area contributed by atoms with Crippen LogP contribution in [0.15, 0.2) is 47.4 Å². The SMILES string of the molecule is CCCCOCCNCCSc1ccc2ccccc2c1. The number of benzene rings is 2. The van der Waals surface area contributed by atoms with Crippen molar-refractivity contribution in [2.45, 2.75) is 24.7 Å². The van der Waals surface area contributed by atoms with Crippen molar-refractivity contribution in [1.29, 1.82) is 0 Å². The van der Waals surface area contributed by atoms with Crippen molar-refractivity contribution in [3.05, 3.63) is 42.5 Å². The maximum Gasteiger partial charge on any atom is 0.0590 e. The fourth-order valence-corrected chi connectivity index (χ4v) is 2.97. The van der Waals surface area contributed by atoms with E-state index in [9.17, 15) is 0 Å². The van der Waals surface area contributed by atoms with Crippen LogP contribution in [0.3, 0.4) is 0 Å². The minimum absolute atomic E-state index is 0.820. The molecule has 0 bridgehead atoms. The van der Waals surface area contributed by atoms with Crippen LogP contribution in [0.4, 0.5) is 0 Å². The van der Waals surface area contributed by atoms with Crippen LogP contribution in [0.1, 0.15) is 19.8 Å². The van der Waals surface area contributed by atoms with E-state index in [4.69, 9.17) is 4.74 Å². The highest BCUT2D eigenvalue weighted by molar-refractivity contribution is 7.99. The van der Waals surface area contributed by atoms with E-state index in [1.165, 1.54) is 22.1 Å². The van der Waals surface area contributed by atoms with Crippen molar-refractivity contribution in [2.75, 3.05) is 32.1 Å². The summed E-state index contributed by atoms with van der Waals surface area (Å²) in [5.74, 6) is 1.09. The Labute approximate surface area is 132 Å². The second kappa shape index (κ2) is 9.82. The van der Waals surface area contributed by atoms with Gasteiger partial charge in [-0.05, 0) is 29.3 Å². The van der Waals surface area contributed by atoms with Crippen molar-refractivity contribution >= 4 is 22.5 Å². The molecule has 2 nitrogen and oxygen atoms in total. The minimum Gasteiger partial charge on any atom is -0.380 e. The number of rotatable bonds is 10. The average Bonchev–Trinajstić information content (AvgIpc) is 2.53. The number of thioether (sulfide) groups is 1. The van der Waals surface area contributed by atoms with E-state index in [-0.39, 0.29) is 0 Å². The highest BCUT2D eigenvalue weighted by Crippen LogP contribution is 2.23. The molecule has 0 heterocycles. The third-order valence-corrected chi connectivity index (χ3v) is 4.33. The number of hydrogen-bond acceptors (Lipinski definition) is 3. The standard InChI is InChI=1S/C18H25NOS/c1-2-3-12-20-13-10-19-11-14-21-18-9-8-16-6-4-5-7-17(16)15-18/h4-9,15,19H,2-3,10-14H2,1H3. The normalized spacial score (nSPS) is 11.1. The van der Waals surface area contributed by atoms with E-state index in [1.807, 2.05) is 11.8 Å². The molecule has 3 heteroatoms. The van der Waals surface area contributed by atoms with Crippen LogP contribution >= 0.6 is 11.8 Å². The highest BCUT2D eigenvalue weighted by atomic mass is 32.2. The zero-order valence-corrected chi connectivity index (χ0v) is 13.6. The van der Waals surface area contributed by atoms with Crippen LogP contribution in [0.2, 0.25) is 0 Å². The number of hydrogen-bond donors (Lipinski definition) is 1. The summed E-state index contributed by atoms with van der Waals surface area (Å²) in [7, 11) is 0. The van der Waals surface area contributed by atoms with Gasteiger partial charge in [0, 0.05) is 30.3 Å². The van der Waals surface area contributed by atoms with Gasteiger partial charge in [-0.3, -0.25) is 0 Å². The summed E-state index contributed by atoms with van der Waals surface area (Å²) in [6, 6.07) is 15.2. The van der Waals surface area contributed by atoms with E-state index >= 15 is 0 Å². The number of fused-ring (bicyclic) bond motifs is 1. The van der Waals surface area contributed by atoms with Gasteiger partial charge in [0.2, 0.25) is 0 Å². The fourth-order valence-electron chi connectivity index (χ4n) is 2.12. The van der Waals surface area contributed by atoms with Crippen LogP contribution in [-0.2, 0) is 4.74 Å². The zero-order chi connectivity index (χ0) is 14.8. The molecule has 2 aromatic carbocycles. The second-order valence-corrected chi connectivity index (χ2v) is 6.24. The molecule has 0 aliphatic heterocycles. The first kappa shape index (κ1) is 16.3. The van der Waals surface area contributed by atoms with Crippen LogP contribution in [0.5, 0.6) is 0 Å². The summed E-state index contributed by atoms with van der Waals surface area (Å²) < 4.78 is 5.52. The van der Waals surface area contributed by atoms with Gasteiger partial charge in [-0.25, -0.2) is 0 Å². The van der Waals surface area contributed by atoms with Gasteiger partial charge in [0.15, 0.2) is 0 Å². The van der Waals surface area contributed by atoms with E-state index in [0.29, 0.717) is 0 Å². The molecule has 21 heavy (non-hydrogen) atoms. The Kier molecular flexibility index (Phi) is 7.65. The molecule has 0 saturated heterocycles. The first-order valence-electron chi connectivity index (χ1n) is 7.80. The van der Waals surface area contributed by atoms with Gasteiger partial charge in [-0.2, -0.15) is 0 Å². The molecule has 0 aliphatic rings. The maximum absolute atomic E-state index is 5.52. The van der Waals surface area contributed by atoms with Gasteiger partial charge in [-0.15, -0.1) is 11.8 Å². The molecule has 0 atom stereocenters. The molecule has 0 radical (unpaired) electrons. The lowest BCUT2D eigenvalue weighted by Crippen LogP contribution is -2.22. The van der Waals surface area contributed by atoms with Gasteiger partial charge in [0.25, 0.3) is 0 Å². The zero-order valence-electron chi connectivity index (χ0n) is 12.8. The van der Waals surface area contributed by atoms with Crippen LogP contribution in [0, 0.1) is 0 Å². The van der Waals surface area contributed by atoms with Crippen molar-refractivity contribution in [2.24, 2.45) is 0 Å². The lowest BCUT2D eigenvalue weighted by atomic mass is 10.1. The summed E-state index contributed by atoms with van der Waals surface area (Å²) in [5.41, 5.74) is 0. The quantitative estimate of drug-likeness (QED) is 0.521. The molecule has 0 unspecified atom stereocenters. The monoisotopic (exact) mass is 303 g/mol. The molecule has 0 aromatic heterocycles. The first-order chi connectivity index (χ1) is 10.4. The third-order valence-electron chi connectivity index (χ3n) is 3.33. The molecule has 0 fully saturated rings. The summed E-state index contributed by atoms with van der Waals surface area (Å²) in [4.78, 5) is 1.34. The molecule has 0 amide bonds. The molecular weight excluding hydrogens is 278 g/mol. The van der Waals surface area contributed by atoms with E-state index < -0.39 is 0 Å². The van der Waals surface area contributed by atoms with Crippen molar-refractivity contribution < 1.29 is 4.74 Å². The lowest BCUT2D eigenvalue weighted by Gasteiger charge is -2.06. The Balaban J connectivity index is 1.59. The smallest absolute Gasteiger partial charge is 0.0590 e. The summed E-state index contributed by atoms with van der Waals surface area (Å²) in [5, 5.41) is 6.05. The number of unbranched alkanes of at least 4 members (excludes halogenated alkanes) is 1. The fraction of sp³-hybridized carbons (Fsp3) is 0.444. The molecule has 1 N–H and O–H groups in total. The van der Waals surface area contributed by atoms with Crippen LogP contribution in [-0.4, -0.2) is 32.1 Å². The van der Waals surface area contributed by atoms with Gasteiger partial charge in [-0.1, -0.05) is 43.7 Å². The van der Waals surface area contributed by atoms with Crippen LogP contribution < -0.4 is 5.32 Å². The van der Waals surface area contributed by atoms with Crippen molar-refractivity contribution in [1.82, 2.24) is 5.32 Å². The van der Waals surface area contributed by atoms with Crippen molar-refractivity contribution in [3.8, 4) is 0 Å². The Bertz CT molecular complexity index is 529. The largest absolute Gasteiger partial charge is 0.380 e. The van der Waals surface area contributed by atoms with Crippen molar-refractivity contribution in [3.63, 3.8) is 0 Å². The van der Waals surface area contributed by atoms with Crippen LogP contribution in [0.25, 0.3) is 10.8 Å². The third kappa shape index (κ3) is 6.08. The van der Waals surface area contributed by atoms with Gasteiger partial charge in [0.05, 0.1) is 6.61 Å². The summed E-state index contributed by atoms with van der Waals surface area (Å²) in [6.07, 6.45) is 2.37. The Morgan fingerprint density at radius 3 is 2.71 bits per heavy atom. The Hall–Kier alpha value is -1.03. The second-order valence-electron chi connectivity index (χ2n) is 5.07. The topological polar surface area (TPSA) is 21.3 Å². The highest BCUT2D eigenvalue weighted by Gasteiger charge is 1.97. The summed E-state index contributed by atoms with van der Waals surface area (Å²) in [6.45, 7) is 5.87. The molecule has 2 aromatic rings. The Morgan fingerprint density at radius 1 is 1.00 bits per heavy atom. The van der Waals surface area contributed by atoms with E-state index in [1.54, 1.807) is 0 Å². The maximum atomic E-state index is 5.52. The minimum atomic E-state index is 0.820. The molecular formula is C18H25NOS. The van der Waals surface area contributed by atoms with E-state index in [2.05, 4.69) is 54.7 Å². The first-order valence-corrected chi connectivity index (χ1v) is 8.79. The molecule has 0 aliphatic carbocycles. The molecule has 2 rings (SSSR count). The Morgan fingerprint density at radius 2 is 1.86 bits per heavy atom. The molecule has 0 saturated carbocycles. The van der Waals surface area contributed by atoms with E-state index in [0.717, 1.165) is 38.5 Å². The molecule has 114 valence electrons. The summed E-state index contributed by atoms with van der Waals surface area (Å²) >= 11 is 1.90.